The van der Waals surface area contributed by atoms with Crippen LogP contribution in [-0.4, -0.2) is 18.7 Å². The fraction of sp³-hybridized carbons (Fsp3) is 0.500. The van der Waals surface area contributed by atoms with Crippen LogP contribution in [0.25, 0.3) is 0 Å². The second kappa shape index (κ2) is 5.52. The van der Waals surface area contributed by atoms with Crippen LogP contribution in [0.1, 0.15) is 19.4 Å². The molecule has 0 aliphatic heterocycles. The van der Waals surface area contributed by atoms with Gasteiger partial charge in [0.1, 0.15) is 0 Å². The van der Waals surface area contributed by atoms with Crippen LogP contribution in [0.15, 0.2) is 22.7 Å². The summed E-state index contributed by atoms with van der Waals surface area (Å²) in [6, 6.07) is 6.01. The topological polar surface area (TPSA) is 23.5 Å². The Balaban J connectivity index is 2.92. The molecule has 0 atom stereocenters. The van der Waals surface area contributed by atoms with Gasteiger partial charge in [-0.05, 0) is 24.1 Å². The zero-order chi connectivity index (χ0) is 11.4. The maximum absolute atomic E-state index is 9.28. The Morgan fingerprint density at radius 1 is 1.40 bits per heavy atom. The first-order chi connectivity index (χ1) is 7.04. The van der Waals surface area contributed by atoms with E-state index in [1.807, 2.05) is 18.2 Å². The van der Waals surface area contributed by atoms with E-state index in [2.05, 4.69) is 41.7 Å². The summed E-state index contributed by atoms with van der Waals surface area (Å²) in [6.07, 6.45) is 0. The lowest BCUT2D eigenvalue weighted by Gasteiger charge is -2.24. The maximum Gasteiger partial charge on any atom is 0.0702 e. The highest BCUT2D eigenvalue weighted by molar-refractivity contribution is 9.10. The van der Waals surface area contributed by atoms with Crippen LogP contribution in [0.5, 0.6) is 0 Å². The van der Waals surface area contributed by atoms with Crippen LogP contribution >= 0.6 is 15.9 Å². The summed E-state index contributed by atoms with van der Waals surface area (Å²) in [5.74, 6) is 0.616. The molecule has 0 saturated heterocycles. The molecule has 0 radical (unpaired) electrons. The van der Waals surface area contributed by atoms with E-state index in [9.17, 15) is 5.11 Å². The molecule has 2 nitrogen and oxygen atoms in total. The minimum atomic E-state index is 0.0806. The number of aliphatic hydroxyl groups is 1. The molecule has 1 aromatic rings. The monoisotopic (exact) mass is 271 g/mol. The van der Waals surface area contributed by atoms with Gasteiger partial charge in [-0.25, -0.2) is 0 Å². The summed E-state index contributed by atoms with van der Waals surface area (Å²) in [6.45, 7) is 5.45. The number of anilines is 1. The molecule has 0 spiro atoms. The Kier molecular flexibility index (Phi) is 4.61. The smallest absolute Gasteiger partial charge is 0.0702 e. The second-order valence-corrected chi connectivity index (χ2v) is 5.12. The highest BCUT2D eigenvalue weighted by Gasteiger charge is 2.08. The molecule has 1 aromatic carbocycles. The molecule has 0 heterocycles. The molecule has 84 valence electrons. The summed E-state index contributed by atoms with van der Waals surface area (Å²) < 4.78 is 1.01. The average Bonchev–Trinajstić information content (AvgIpc) is 2.16. The van der Waals surface area contributed by atoms with Gasteiger partial charge in [0.05, 0.1) is 6.61 Å². The van der Waals surface area contributed by atoms with E-state index in [1.54, 1.807) is 0 Å². The molecular weight excluding hydrogens is 254 g/mol. The maximum atomic E-state index is 9.28. The van der Waals surface area contributed by atoms with Crippen LogP contribution in [-0.2, 0) is 6.61 Å². The fourth-order valence-electron chi connectivity index (χ4n) is 1.70. The summed E-state index contributed by atoms with van der Waals surface area (Å²) in [5.41, 5.74) is 2.07. The zero-order valence-corrected chi connectivity index (χ0v) is 11.1. The molecule has 1 N–H and O–H groups in total. The number of aliphatic hydroxyl groups excluding tert-OH is 1. The highest BCUT2D eigenvalue weighted by Crippen LogP contribution is 2.24. The van der Waals surface area contributed by atoms with Crippen molar-refractivity contribution >= 4 is 21.6 Å². The van der Waals surface area contributed by atoms with Gasteiger partial charge in [0, 0.05) is 29.3 Å². The molecule has 0 fully saturated rings. The quantitative estimate of drug-likeness (QED) is 0.910. The van der Waals surface area contributed by atoms with Crippen molar-refractivity contribution in [2.24, 2.45) is 5.92 Å². The Morgan fingerprint density at radius 2 is 2.07 bits per heavy atom. The van der Waals surface area contributed by atoms with Gasteiger partial charge in [-0.3, -0.25) is 0 Å². The lowest BCUT2D eigenvalue weighted by molar-refractivity contribution is 0.282. The first-order valence-corrected chi connectivity index (χ1v) is 5.94. The van der Waals surface area contributed by atoms with Gasteiger partial charge >= 0.3 is 0 Å². The second-order valence-electron chi connectivity index (χ2n) is 4.21. The summed E-state index contributed by atoms with van der Waals surface area (Å²) in [4.78, 5) is 2.18. The summed E-state index contributed by atoms with van der Waals surface area (Å²) >= 11 is 3.41. The van der Waals surface area contributed by atoms with Gasteiger partial charge < -0.3 is 10.0 Å². The SMILES string of the molecule is CC(C)CN(C)c1ccc(Br)cc1CO. The predicted molar refractivity (Wildman–Crippen MR) is 68.2 cm³/mol. The molecule has 0 aliphatic rings. The van der Waals surface area contributed by atoms with Crippen molar-refractivity contribution in [2.45, 2.75) is 20.5 Å². The number of benzene rings is 1. The fourth-order valence-corrected chi connectivity index (χ4v) is 2.11. The Morgan fingerprint density at radius 3 is 2.60 bits per heavy atom. The van der Waals surface area contributed by atoms with Crippen molar-refractivity contribution in [1.29, 1.82) is 0 Å². The lowest BCUT2D eigenvalue weighted by atomic mass is 10.1. The lowest BCUT2D eigenvalue weighted by Crippen LogP contribution is -2.23. The molecule has 1 rings (SSSR count). The number of hydrogen-bond acceptors (Lipinski definition) is 2. The van der Waals surface area contributed by atoms with Gasteiger partial charge in [0.25, 0.3) is 0 Å². The number of halogens is 1. The van der Waals surface area contributed by atoms with Crippen LogP contribution in [0.3, 0.4) is 0 Å². The molecule has 0 unspecified atom stereocenters. The molecule has 0 saturated carbocycles. The Bertz CT molecular complexity index is 325. The van der Waals surface area contributed by atoms with Gasteiger partial charge in [0.15, 0.2) is 0 Å². The third-order valence-electron chi connectivity index (χ3n) is 2.26. The van der Waals surface area contributed by atoms with Gasteiger partial charge in [0.2, 0.25) is 0 Å². The predicted octanol–water partition coefficient (Wildman–Crippen LogP) is 3.03. The van der Waals surface area contributed by atoms with Crippen LogP contribution in [0.2, 0.25) is 0 Å². The zero-order valence-electron chi connectivity index (χ0n) is 9.50. The normalized spacial score (nSPS) is 10.8. The number of nitrogens with zero attached hydrogens (tertiary/aromatic N) is 1. The van der Waals surface area contributed by atoms with E-state index >= 15 is 0 Å². The van der Waals surface area contributed by atoms with Crippen LogP contribution in [0.4, 0.5) is 5.69 Å². The van der Waals surface area contributed by atoms with Gasteiger partial charge in [-0.15, -0.1) is 0 Å². The van der Waals surface area contributed by atoms with Gasteiger partial charge in [-0.1, -0.05) is 29.8 Å². The van der Waals surface area contributed by atoms with Crippen molar-refractivity contribution in [1.82, 2.24) is 0 Å². The molecule has 0 amide bonds. The first-order valence-electron chi connectivity index (χ1n) is 5.15. The average molecular weight is 272 g/mol. The van der Waals surface area contributed by atoms with Crippen molar-refractivity contribution in [3.8, 4) is 0 Å². The van der Waals surface area contributed by atoms with Crippen LogP contribution in [0, 0.1) is 5.92 Å². The van der Waals surface area contributed by atoms with Gasteiger partial charge in [-0.2, -0.15) is 0 Å². The third-order valence-corrected chi connectivity index (χ3v) is 2.76. The molecule has 0 aromatic heterocycles. The van der Waals surface area contributed by atoms with Crippen molar-refractivity contribution < 1.29 is 5.11 Å². The minimum Gasteiger partial charge on any atom is -0.392 e. The first kappa shape index (κ1) is 12.5. The largest absolute Gasteiger partial charge is 0.392 e. The Hall–Kier alpha value is -0.540. The summed E-state index contributed by atoms with van der Waals surface area (Å²) in [7, 11) is 2.06. The summed E-state index contributed by atoms with van der Waals surface area (Å²) in [5, 5.41) is 9.28. The molecule has 0 aliphatic carbocycles. The van der Waals surface area contributed by atoms with Crippen molar-refractivity contribution in [3.63, 3.8) is 0 Å². The van der Waals surface area contributed by atoms with Crippen LogP contribution < -0.4 is 4.90 Å². The molecular formula is C12H18BrNO. The molecule has 15 heavy (non-hydrogen) atoms. The highest BCUT2D eigenvalue weighted by atomic mass is 79.9. The number of rotatable bonds is 4. The minimum absolute atomic E-state index is 0.0806. The molecule has 0 bridgehead atoms. The van der Waals surface area contributed by atoms with E-state index in [0.29, 0.717) is 5.92 Å². The Labute approximate surface area is 100 Å². The van der Waals surface area contributed by atoms with E-state index in [-0.39, 0.29) is 6.61 Å². The van der Waals surface area contributed by atoms with Crippen molar-refractivity contribution in [2.75, 3.05) is 18.5 Å². The number of hydrogen-bond donors (Lipinski definition) is 1. The third kappa shape index (κ3) is 3.50. The van der Waals surface area contributed by atoms with E-state index in [4.69, 9.17) is 0 Å². The molecule has 3 heteroatoms. The van der Waals surface area contributed by atoms with E-state index in [1.165, 1.54) is 0 Å². The van der Waals surface area contributed by atoms with E-state index in [0.717, 1.165) is 22.3 Å². The standard InChI is InChI=1S/C12H18BrNO/c1-9(2)7-14(3)12-5-4-11(13)6-10(12)8-15/h4-6,9,15H,7-8H2,1-3H3. The van der Waals surface area contributed by atoms with E-state index < -0.39 is 0 Å². The van der Waals surface area contributed by atoms with Crippen molar-refractivity contribution in [3.05, 3.63) is 28.2 Å².